The van der Waals surface area contributed by atoms with Crippen LogP contribution in [0.3, 0.4) is 0 Å². The molecule has 1 unspecified atom stereocenters. The minimum atomic E-state index is -0.223. The van der Waals surface area contributed by atoms with Crippen LogP contribution in [0.1, 0.15) is 36.6 Å². The lowest BCUT2D eigenvalue weighted by Crippen LogP contribution is -2.21. The highest BCUT2D eigenvalue weighted by Crippen LogP contribution is 2.40. The Morgan fingerprint density at radius 3 is 2.90 bits per heavy atom. The Balaban J connectivity index is 2.01. The number of methoxy groups -OCH3 is 1. The van der Waals surface area contributed by atoms with Crippen LogP contribution in [0.4, 0.5) is 0 Å². The van der Waals surface area contributed by atoms with E-state index < -0.39 is 0 Å². The largest absolute Gasteiger partial charge is 0.468 e. The van der Waals surface area contributed by atoms with E-state index in [0.29, 0.717) is 10.9 Å². The summed E-state index contributed by atoms with van der Waals surface area (Å²) in [6, 6.07) is 5.64. The molecule has 0 aliphatic heterocycles. The molecule has 1 aromatic carbocycles. The van der Waals surface area contributed by atoms with Crippen molar-refractivity contribution in [2.24, 2.45) is 5.92 Å². The van der Waals surface area contributed by atoms with Gasteiger partial charge in [-0.1, -0.05) is 24.4 Å². The van der Waals surface area contributed by atoms with Crippen LogP contribution < -0.4 is 0 Å². The Hall–Kier alpha value is -1.13. The number of nitrogens with zero attached hydrogens (tertiary/aromatic N) is 1. The Bertz CT molecular complexity index is 634. The van der Waals surface area contributed by atoms with Gasteiger partial charge in [0.15, 0.2) is 0 Å². The highest BCUT2D eigenvalue weighted by Gasteiger charge is 2.35. The van der Waals surface area contributed by atoms with E-state index in [4.69, 9.17) is 16.3 Å². The molecule has 0 spiro atoms. The van der Waals surface area contributed by atoms with E-state index in [1.807, 2.05) is 18.2 Å². The van der Waals surface area contributed by atoms with Crippen LogP contribution in [0.25, 0.3) is 10.2 Å². The maximum absolute atomic E-state index is 12.2. The fourth-order valence-corrected chi connectivity index (χ4v) is 4.39. The fourth-order valence-electron chi connectivity index (χ4n) is 2.96. The first-order valence-electron chi connectivity index (χ1n) is 6.83. The molecular weight excluding hydrogens is 294 g/mol. The van der Waals surface area contributed by atoms with Gasteiger partial charge in [-0.2, -0.15) is 0 Å². The van der Waals surface area contributed by atoms with Crippen LogP contribution in [-0.2, 0) is 9.53 Å². The predicted octanol–water partition coefficient (Wildman–Crippen LogP) is 4.40. The van der Waals surface area contributed by atoms with Gasteiger partial charge in [-0.3, -0.25) is 4.79 Å². The highest BCUT2D eigenvalue weighted by molar-refractivity contribution is 7.18. The Morgan fingerprint density at radius 1 is 1.45 bits per heavy atom. The van der Waals surface area contributed by atoms with Crippen molar-refractivity contribution in [2.75, 3.05) is 7.11 Å². The molecular formula is C15H16ClNO2S. The first kappa shape index (κ1) is 13.8. The number of hydrogen-bond acceptors (Lipinski definition) is 4. The normalized spacial score (nSPS) is 17.5. The summed E-state index contributed by atoms with van der Waals surface area (Å²) in [6.07, 6.45) is 4.54. The maximum Gasteiger partial charge on any atom is 0.315 e. The number of halogens is 1. The summed E-state index contributed by atoms with van der Waals surface area (Å²) >= 11 is 7.57. The van der Waals surface area contributed by atoms with Gasteiger partial charge < -0.3 is 4.74 Å². The van der Waals surface area contributed by atoms with Crippen LogP contribution in [0, 0.1) is 5.92 Å². The third kappa shape index (κ3) is 2.54. The van der Waals surface area contributed by atoms with Crippen LogP contribution in [-0.4, -0.2) is 18.1 Å². The number of carbonyl (C=O) groups excluding carboxylic acids is 1. The van der Waals surface area contributed by atoms with Crippen molar-refractivity contribution in [3.63, 3.8) is 0 Å². The van der Waals surface area contributed by atoms with Gasteiger partial charge in [0.25, 0.3) is 0 Å². The summed E-state index contributed by atoms with van der Waals surface area (Å²) in [5.74, 6) is -0.0285. The van der Waals surface area contributed by atoms with E-state index >= 15 is 0 Å². The molecule has 1 atom stereocenters. The van der Waals surface area contributed by atoms with Gasteiger partial charge in [-0.05, 0) is 37.0 Å². The van der Waals surface area contributed by atoms with Gasteiger partial charge in [-0.15, -0.1) is 11.3 Å². The molecule has 1 heterocycles. The molecule has 20 heavy (non-hydrogen) atoms. The molecule has 1 aromatic heterocycles. The average molecular weight is 310 g/mol. The molecule has 0 radical (unpaired) electrons. The smallest absolute Gasteiger partial charge is 0.315 e. The van der Waals surface area contributed by atoms with Crippen molar-refractivity contribution in [3.05, 3.63) is 28.2 Å². The molecule has 3 rings (SSSR count). The second-order valence-corrected chi connectivity index (χ2v) is 6.71. The van der Waals surface area contributed by atoms with Crippen molar-refractivity contribution in [2.45, 2.75) is 31.6 Å². The summed E-state index contributed by atoms with van der Waals surface area (Å²) in [5.41, 5.74) is 0.904. The van der Waals surface area contributed by atoms with Gasteiger partial charge in [0, 0.05) is 5.02 Å². The second kappa shape index (κ2) is 5.70. The molecule has 106 valence electrons. The monoisotopic (exact) mass is 309 g/mol. The topological polar surface area (TPSA) is 39.2 Å². The van der Waals surface area contributed by atoms with Crippen molar-refractivity contribution >= 4 is 39.1 Å². The fraction of sp³-hybridized carbons (Fsp3) is 0.467. The lowest BCUT2D eigenvalue weighted by Gasteiger charge is -2.18. The molecule has 0 bridgehead atoms. The van der Waals surface area contributed by atoms with Gasteiger partial charge in [0.1, 0.15) is 10.9 Å². The number of esters is 1. The van der Waals surface area contributed by atoms with Crippen molar-refractivity contribution < 1.29 is 9.53 Å². The first-order chi connectivity index (χ1) is 9.69. The van der Waals surface area contributed by atoms with Gasteiger partial charge in [-0.25, -0.2) is 4.98 Å². The highest BCUT2D eigenvalue weighted by atomic mass is 35.5. The zero-order chi connectivity index (χ0) is 14.1. The van der Waals surface area contributed by atoms with E-state index in [-0.39, 0.29) is 11.9 Å². The zero-order valence-corrected chi connectivity index (χ0v) is 12.8. The van der Waals surface area contributed by atoms with Crippen LogP contribution in [0.15, 0.2) is 18.2 Å². The van der Waals surface area contributed by atoms with Gasteiger partial charge in [0.05, 0.1) is 17.3 Å². The molecule has 3 nitrogen and oxygen atoms in total. The molecule has 1 saturated carbocycles. The van der Waals surface area contributed by atoms with Crippen molar-refractivity contribution in [1.29, 1.82) is 0 Å². The lowest BCUT2D eigenvalue weighted by molar-refractivity contribution is -0.143. The lowest BCUT2D eigenvalue weighted by atomic mass is 9.91. The van der Waals surface area contributed by atoms with Crippen LogP contribution >= 0.6 is 22.9 Å². The minimum absolute atomic E-state index is 0.165. The quantitative estimate of drug-likeness (QED) is 0.789. The van der Waals surface area contributed by atoms with Gasteiger partial charge in [0.2, 0.25) is 0 Å². The number of benzene rings is 1. The Kier molecular flexibility index (Phi) is 3.94. The number of carbonyl (C=O) groups is 1. The van der Waals surface area contributed by atoms with E-state index in [2.05, 4.69) is 4.98 Å². The minimum Gasteiger partial charge on any atom is -0.468 e. The summed E-state index contributed by atoms with van der Waals surface area (Å²) in [5, 5.41) is 1.56. The molecule has 0 amide bonds. The number of ether oxygens (including phenoxy) is 1. The number of fused-ring (bicyclic) bond motifs is 1. The molecule has 1 fully saturated rings. The Morgan fingerprint density at radius 2 is 2.20 bits per heavy atom. The first-order valence-corrected chi connectivity index (χ1v) is 8.02. The molecule has 5 heteroatoms. The van der Waals surface area contributed by atoms with E-state index in [9.17, 15) is 4.79 Å². The van der Waals surface area contributed by atoms with Crippen molar-refractivity contribution in [1.82, 2.24) is 4.98 Å². The standard InChI is InChI=1S/C15H16ClNO2S/c1-19-15(18)13(9-4-2-3-5-9)14-17-11-7-6-10(16)8-12(11)20-14/h6-9,13H,2-5H2,1H3. The van der Waals surface area contributed by atoms with Crippen LogP contribution in [0.2, 0.25) is 5.02 Å². The molecule has 2 aromatic rings. The number of hydrogen-bond donors (Lipinski definition) is 0. The summed E-state index contributed by atoms with van der Waals surface area (Å²) in [4.78, 5) is 16.8. The van der Waals surface area contributed by atoms with Crippen LogP contribution in [0.5, 0.6) is 0 Å². The molecule has 1 aliphatic carbocycles. The average Bonchev–Trinajstić information content (AvgIpc) is 3.07. The molecule has 0 saturated heterocycles. The maximum atomic E-state index is 12.2. The predicted molar refractivity (Wildman–Crippen MR) is 81.3 cm³/mol. The van der Waals surface area contributed by atoms with E-state index in [0.717, 1.165) is 28.1 Å². The van der Waals surface area contributed by atoms with Crippen molar-refractivity contribution in [3.8, 4) is 0 Å². The summed E-state index contributed by atoms with van der Waals surface area (Å²) in [7, 11) is 1.45. The number of aromatic nitrogens is 1. The van der Waals surface area contributed by atoms with E-state index in [1.165, 1.54) is 20.0 Å². The SMILES string of the molecule is COC(=O)C(c1nc2ccc(Cl)cc2s1)C1CCCC1. The number of rotatable bonds is 3. The second-order valence-electron chi connectivity index (χ2n) is 5.21. The number of thiazole rings is 1. The zero-order valence-electron chi connectivity index (χ0n) is 11.3. The third-order valence-electron chi connectivity index (χ3n) is 3.96. The van der Waals surface area contributed by atoms with Gasteiger partial charge >= 0.3 is 5.97 Å². The summed E-state index contributed by atoms with van der Waals surface area (Å²) < 4.78 is 6.03. The van der Waals surface area contributed by atoms with E-state index in [1.54, 1.807) is 11.3 Å². The Labute approximate surface area is 126 Å². The molecule has 1 aliphatic rings. The molecule has 0 N–H and O–H groups in total. The third-order valence-corrected chi connectivity index (χ3v) is 5.30. The summed E-state index contributed by atoms with van der Waals surface area (Å²) in [6.45, 7) is 0.